The maximum absolute atomic E-state index is 11.6. The zero-order valence-corrected chi connectivity index (χ0v) is 7.55. The lowest BCUT2D eigenvalue weighted by molar-refractivity contribution is -0.118. The third-order valence-electron chi connectivity index (χ3n) is 2.51. The number of ketones is 1. The van der Waals surface area contributed by atoms with E-state index in [1.165, 1.54) is 0 Å². The molecule has 2 heteroatoms. The molecule has 1 aliphatic heterocycles. The summed E-state index contributed by atoms with van der Waals surface area (Å²) in [6.07, 6.45) is 4.27. The fourth-order valence-electron chi connectivity index (χ4n) is 1.93. The molecule has 0 spiro atoms. The van der Waals surface area contributed by atoms with Gasteiger partial charge < -0.3 is 0 Å². The Morgan fingerprint density at radius 1 is 1.42 bits per heavy atom. The third-order valence-corrected chi connectivity index (χ3v) is 2.51. The lowest BCUT2D eigenvalue weighted by Crippen LogP contribution is -2.23. The van der Waals surface area contributed by atoms with Gasteiger partial charge in [0, 0.05) is 30.3 Å². The van der Waals surface area contributed by atoms with Crippen LogP contribution in [-0.2, 0) is 4.79 Å². The Bertz CT molecular complexity index is 297. The van der Waals surface area contributed by atoms with Crippen LogP contribution in [0.4, 0.5) is 0 Å². The number of aliphatic imine (C=N–C) groups is 1. The molecule has 0 N–H and O–H groups in total. The normalized spacial score (nSPS) is 26.3. The van der Waals surface area contributed by atoms with Crippen LogP contribution in [0.5, 0.6) is 0 Å². The molecule has 12 heavy (non-hydrogen) atoms. The van der Waals surface area contributed by atoms with Crippen molar-refractivity contribution in [2.24, 2.45) is 10.4 Å². The van der Waals surface area contributed by atoms with E-state index in [9.17, 15) is 4.79 Å². The van der Waals surface area contributed by atoms with Crippen molar-refractivity contribution in [2.45, 2.75) is 33.1 Å². The number of Topliss-reactive ketones (excluding diaryl/α,β-unsaturated/α-hetero) is 1. The van der Waals surface area contributed by atoms with Gasteiger partial charge in [0.25, 0.3) is 0 Å². The Morgan fingerprint density at radius 2 is 2.17 bits per heavy atom. The standard InChI is InChI=1S/C10H13NO/c1-10(2)5-8-7(3-4-11-8)9(12)6-10/h4H,3,5-6H2,1-2H3. The van der Waals surface area contributed by atoms with Crippen LogP contribution < -0.4 is 0 Å². The van der Waals surface area contributed by atoms with Gasteiger partial charge in [-0.1, -0.05) is 13.8 Å². The zero-order valence-electron chi connectivity index (χ0n) is 7.55. The molecule has 0 aromatic heterocycles. The second-order valence-electron chi connectivity index (χ2n) is 4.38. The van der Waals surface area contributed by atoms with E-state index in [4.69, 9.17) is 0 Å². The molecule has 0 fully saturated rings. The first kappa shape index (κ1) is 7.71. The SMILES string of the molecule is CC1(C)CC(=O)C2=C(C1)N=CC2. The molecule has 0 aromatic carbocycles. The fraction of sp³-hybridized carbons (Fsp3) is 0.600. The molecule has 2 rings (SSSR count). The highest BCUT2D eigenvalue weighted by Gasteiger charge is 2.33. The van der Waals surface area contributed by atoms with Crippen LogP contribution in [-0.4, -0.2) is 12.0 Å². The minimum atomic E-state index is 0.123. The molecule has 1 aliphatic carbocycles. The molecule has 2 aliphatic rings. The zero-order chi connectivity index (χ0) is 8.77. The summed E-state index contributed by atoms with van der Waals surface area (Å²) in [5.41, 5.74) is 2.13. The summed E-state index contributed by atoms with van der Waals surface area (Å²) in [4.78, 5) is 15.8. The summed E-state index contributed by atoms with van der Waals surface area (Å²) in [5, 5.41) is 0. The number of allylic oxidation sites excluding steroid dienone is 2. The van der Waals surface area contributed by atoms with Gasteiger partial charge in [-0.2, -0.15) is 0 Å². The van der Waals surface area contributed by atoms with Gasteiger partial charge >= 0.3 is 0 Å². The third kappa shape index (κ3) is 1.11. The smallest absolute Gasteiger partial charge is 0.161 e. The van der Waals surface area contributed by atoms with Gasteiger partial charge in [-0.3, -0.25) is 9.79 Å². The average Bonchev–Trinajstić information content (AvgIpc) is 2.31. The van der Waals surface area contributed by atoms with Crippen molar-refractivity contribution in [1.29, 1.82) is 0 Å². The van der Waals surface area contributed by atoms with Crippen LogP contribution in [0, 0.1) is 5.41 Å². The van der Waals surface area contributed by atoms with E-state index in [1.54, 1.807) is 0 Å². The van der Waals surface area contributed by atoms with E-state index >= 15 is 0 Å². The fourth-order valence-corrected chi connectivity index (χ4v) is 1.93. The van der Waals surface area contributed by atoms with Gasteiger partial charge in [-0.15, -0.1) is 0 Å². The predicted molar refractivity (Wildman–Crippen MR) is 48.2 cm³/mol. The molecule has 0 unspecified atom stereocenters. The largest absolute Gasteiger partial charge is 0.294 e. The highest BCUT2D eigenvalue weighted by atomic mass is 16.1. The van der Waals surface area contributed by atoms with Crippen LogP contribution in [0.3, 0.4) is 0 Å². The minimum absolute atomic E-state index is 0.123. The van der Waals surface area contributed by atoms with Gasteiger partial charge in [-0.25, -0.2) is 0 Å². The minimum Gasteiger partial charge on any atom is -0.294 e. The van der Waals surface area contributed by atoms with Crippen LogP contribution in [0.15, 0.2) is 16.3 Å². The molecule has 0 saturated heterocycles. The monoisotopic (exact) mass is 163 g/mol. The maximum Gasteiger partial charge on any atom is 0.161 e. The molecule has 0 aromatic rings. The summed E-state index contributed by atoms with van der Waals surface area (Å²) in [5.74, 6) is 0.304. The summed E-state index contributed by atoms with van der Waals surface area (Å²) >= 11 is 0. The van der Waals surface area contributed by atoms with E-state index in [0.717, 1.165) is 24.1 Å². The van der Waals surface area contributed by atoms with Gasteiger partial charge in [0.05, 0.1) is 0 Å². The summed E-state index contributed by atoms with van der Waals surface area (Å²) in [7, 11) is 0. The van der Waals surface area contributed by atoms with Crippen molar-refractivity contribution in [3.8, 4) is 0 Å². The average molecular weight is 163 g/mol. The van der Waals surface area contributed by atoms with E-state index in [2.05, 4.69) is 18.8 Å². The second-order valence-corrected chi connectivity index (χ2v) is 4.38. The highest BCUT2D eigenvalue weighted by Crippen LogP contribution is 2.39. The van der Waals surface area contributed by atoms with E-state index in [-0.39, 0.29) is 5.41 Å². The van der Waals surface area contributed by atoms with E-state index in [1.807, 2.05) is 6.21 Å². The van der Waals surface area contributed by atoms with Crippen LogP contribution in [0.2, 0.25) is 0 Å². The summed E-state index contributed by atoms with van der Waals surface area (Å²) in [6, 6.07) is 0. The molecular formula is C10H13NO. The van der Waals surface area contributed by atoms with Gasteiger partial charge in [-0.05, 0) is 11.8 Å². The molecule has 1 heterocycles. The first-order valence-electron chi connectivity index (χ1n) is 4.36. The lowest BCUT2D eigenvalue weighted by Gasteiger charge is -2.28. The van der Waals surface area contributed by atoms with Crippen LogP contribution >= 0.6 is 0 Å². The highest BCUT2D eigenvalue weighted by molar-refractivity contribution is 6.01. The number of nitrogens with zero attached hydrogens (tertiary/aromatic N) is 1. The molecule has 0 radical (unpaired) electrons. The number of carbonyl (C=O) groups is 1. The molecule has 0 bridgehead atoms. The summed E-state index contributed by atoms with van der Waals surface area (Å²) < 4.78 is 0. The predicted octanol–water partition coefficient (Wildman–Crippen LogP) is 2.10. The first-order valence-corrected chi connectivity index (χ1v) is 4.36. The molecule has 64 valence electrons. The first-order chi connectivity index (χ1) is 5.58. The second kappa shape index (κ2) is 2.28. The number of rotatable bonds is 0. The van der Waals surface area contributed by atoms with Crippen molar-refractivity contribution in [3.05, 3.63) is 11.3 Å². The maximum atomic E-state index is 11.6. The van der Waals surface area contributed by atoms with E-state index in [0.29, 0.717) is 12.2 Å². The quantitative estimate of drug-likeness (QED) is 0.537. The van der Waals surface area contributed by atoms with Gasteiger partial charge in [0.15, 0.2) is 5.78 Å². The van der Waals surface area contributed by atoms with Crippen LogP contribution in [0.25, 0.3) is 0 Å². The van der Waals surface area contributed by atoms with E-state index < -0.39 is 0 Å². The molecular weight excluding hydrogens is 150 g/mol. The number of carbonyl (C=O) groups excluding carboxylic acids is 1. The Morgan fingerprint density at radius 3 is 2.92 bits per heavy atom. The van der Waals surface area contributed by atoms with Crippen molar-refractivity contribution in [2.75, 3.05) is 0 Å². The molecule has 2 nitrogen and oxygen atoms in total. The molecule has 0 amide bonds. The number of hydrogen-bond acceptors (Lipinski definition) is 2. The van der Waals surface area contributed by atoms with Gasteiger partial charge in [0.2, 0.25) is 0 Å². The Labute approximate surface area is 72.4 Å². The Balaban J connectivity index is 2.36. The lowest BCUT2D eigenvalue weighted by atomic mass is 9.76. The van der Waals surface area contributed by atoms with Crippen molar-refractivity contribution >= 4 is 12.0 Å². The van der Waals surface area contributed by atoms with Gasteiger partial charge in [0.1, 0.15) is 0 Å². The summed E-state index contributed by atoms with van der Waals surface area (Å²) in [6.45, 7) is 4.26. The Hall–Kier alpha value is -0.920. The van der Waals surface area contributed by atoms with Crippen LogP contribution in [0.1, 0.15) is 33.1 Å². The van der Waals surface area contributed by atoms with Crippen molar-refractivity contribution in [1.82, 2.24) is 0 Å². The van der Waals surface area contributed by atoms with Crippen molar-refractivity contribution in [3.63, 3.8) is 0 Å². The Kier molecular flexibility index (Phi) is 1.47. The molecule has 0 atom stereocenters. The topological polar surface area (TPSA) is 29.4 Å². The molecule has 0 saturated carbocycles. The number of hydrogen-bond donors (Lipinski definition) is 0. The van der Waals surface area contributed by atoms with Crippen molar-refractivity contribution < 1.29 is 4.79 Å².